The number of nitrogens with zero attached hydrogens (tertiary/aromatic N) is 1. The molecule has 160 valence electrons. The van der Waals surface area contributed by atoms with E-state index in [2.05, 4.69) is 10.0 Å². The number of fused-ring (bicyclic) bond motifs is 1. The van der Waals surface area contributed by atoms with E-state index in [9.17, 15) is 18.0 Å². The number of amides is 2. The SMILES string of the molecule is CC(C)(C)NS(=O)(=O)c1ccc(N2Cc3ccccc3CC(NC(=O)O)C2=O)cc1. The van der Waals surface area contributed by atoms with Crippen LogP contribution >= 0.6 is 0 Å². The molecular formula is C21H25N3O5S. The van der Waals surface area contributed by atoms with Gasteiger partial charge in [0.1, 0.15) is 6.04 Å². The van der Waals surface area contributed by atoms with Crippen molar-refractivity contribution >= 4 is 27.7 Å². The van der Waals surface area contributed by atoms with E-state index in [-0.39, 0.29) is 17.9 Å². The van der Waals surface area contributed by atoms with Gasteiger partial charge in [0.15, 0.2) is 0 Å². The Kier molecular flexibility index (Phi) is 5.87. The van der Waals surface area contributed by atoms with E-state index >= 15 is 0 Å². The molecule has 2 aromatic carbocycles. The molecule has 0 radical (unpaired) electrons. The smallest absolute Gasteiger partial charge is 0.405 e. The minimum Gasteiger partial charge on any atom is -0.465 e. The highest BCUT2D eigenvalue weighted by Gasteiger charge is 2.32. The zero-order valence-corrected chi connectivity index (χ0v) is 17.9. The van der Waals surface area contributed by atoms with Crippen LogP contribution in [0.25, 0.3) is 0 Å². The molecule has 0 aliphatic carbocycles. The lowest BCUT2D eigenvalue weighted by molar-refractivity contribution is -0.120. The van der Waals surface area contributed by atoms with Crippen LogP contribution in [0.1, 0.15) is 31.9 Å². The van der Waals surface area contributed by atoms with E-state index < -0.39 is 33.6 Å². The summed E-state index contributed by atoms with van der Waals surface area (Å²) in [4.78, 5) is 25.8. The number of anilines is 1. The number of hydrogen-bond donors (Lipinski definition) is 3. The number of nitrogens with one attached hydrogen (secondary N) is 2. The van der Waals surface area contributed by atoms with E-state index in [0.29, 0.717) is 5.69 Å². The fourth-order valence-electron chi connectivity index (χ4n) is 3.40. The van der Waals surface area contributed by atoms with Crippen LogP contribution in [0.2, 0.25) is 0 Å². The molecule has 0 saturated heterocycles. The summed E-state index contributed by atoms with van der Waals surface area (Å²) in [7, 11) is -3.71. The van der Waals surface area contributed by atoms with Gasteiger partial charge in [0.25, 0.3) is 0 Å². The molecule has 8 nitrogen and oxygen atoms in total. The van der Waals surface area contributed by atoms with E-state index in [1.165, 1.54) is 17.0 Å². The first-order valence-electron chi connectivity index (χ1n) is 9.48. The maximum absolute atomic E-state index is 13.1. The van der Waals surface area contributed by atoms with Crippen molar-refractivity contribution < 1.29 is 23.1 Å². The summed E-state index contributed by atoms with van der Waals surface area (Å²) in [5.41, 5.74) is 1.66. The highest BCUT2D eigenvalue weighted by molar-refractivity contribution is 7.89. The zero-order valence-electron chi connectivity index (χ0n) is 17.0. The van der Waals surface area contributed by atoms with Gasteiger partial charge in [-0.25, -0.2) is 17.9 Å². The highest BCUT2D eigenvalue weighted by Crippen LogP contribution is 2.26. The number of carbonyl (C=O) groups is 2. The molecule has 1 aliphatic heterocycles. The van der Waals surface area contributed by atoms with Crippen LogP contribution in [-0.4, -0.2) is 37.1 Å². The van der Waals surface area contributed by atoms with E-state index in [0.717, 1.165) is 11.1 Å². The Balaban J connectivity index is 1.95. The Morgan fingerprint density at radius 3 is 2.23 bits per heavy atom. The van der Waals surface area contributed by atoms with Crippen LogP contribution in [0.15, 0.2) is 53.4 Å². The van der Waals surface area contributed by atoms with Crippen LogP contribution in [0.3, 0.4) is 0 Å². The quantitative estimate of drug-likeness (QED) is 0.688. The molecule has 0 spiro atoms. The van der Waals surface area contributed by atoms with Crippen molar-refractivity contribution in [3.05, 3.63) is 59.7 Å². The number of sulfonamides is 1. The van der Waals surface area contributed by atoms with Crippen LogP contribution in [0.4, 0.5) is 10.5 Å². The van der Waals surface area contributed by atoms with Gasteiger partial charge in [-0.2, -0.15) is 0 Å². The first-order chi connectivity index (χ1) is 14.0. The average molecular weight is 432 g/mol. The fraction of sp³-hybridized carbons (Fsp3) is 0.333. The molecular weight excluding hydrogens is 406 g/mol. The first-order valence-corrected chi connectivity index (χ1v) is 11.0. The Hall–Kier alpha value is -2.91. The summed E-state index contributed by atoms with van der Waals surface area (Å²) in [5.74, 6) is -0.392. The van der Waals surface area contributed by atoms with Gasteiger partial charge < -0.3 is 15.3 Å². The summed E-state index contributed by atoms with van der Waals surface area (Å²) < 4.78 is 27.6. The third-order valence-electron chi connectivity index (χ3n) is 4.63. The van der Waals surface area contributed by atoms with Crippen molar-refractivity contribution in [3.8, 4) is 0 Å². The van der Waals surface area contributed by atoms with Crippen molar-refractivity contribution in [1.82, 2.24) is 10.0 Å². The molecule has 3 N–H and O–H groups in total. The van der Waals surface area contributed by atoms with Gasteiger partial charge in [-0.3, -0.25) is 4.79 Å². The third kappa shape index (κ3) is 4.98. The lowest BCUT2D eigenvalue weighted by Gasteiger charge is -2.25. The topological polar surface area (TPSA) is 116 Å². The minimum atomic E-state index is -3.71. The van der Waals surface area contributed by atoms with E-state index in [1.807, 2.05) is 24.3 Å². The zero-order chi connectivity index (χ0) is 22.1. The molecule has 0 saturated carbocycles. The van der Waals surface area contributed by atoms with E-state index in [4.69, 9.17) is 5.11 Å². The molecule has 2 amide bonds. The lowest BCUT2D eigenvalue weighted by Crippen LogP contribution is -2.48. The molecule has 0 fully saturated rings. The molecule has 0 bridgehead atoms. The Bertz CT molecular complexity index is 1060. The second-order valence-electron chi connectivity index (χ2n) is 8.25. The lowest BCUT2D eigenvalue weighted by atomic mass is 10.0. The van der Waals surface area contributed by atoms with Crippen LogP contribution in [0, 0.1) is 0 Å². The molecule has 1 atom stereocenters. The van der Waals surface area contributed by atoms with Gasteiger partial charge in [0, 0.05) is 17.6 Å². The molecule has 30 heavy (non-hydrogen) atoms. The number of benzene rings is 2. The predicted octanol–water partition coefficient (Wildman–Crippen LogP) is 2.49. The Labute approximate surface area is 176 Å². The van der Waals surface area contributed by atoms with Gasteiger partial charge in [0.2, 0.25) is 15.9 Å². The van der Waals surface area contributed by atoms with Gasteiger partial charge >= 0.3 is 6.09 Å². The molecule has 1 unspecified atom stereocenters. The highest BCUT2D eigenvalue weighted by atomic mass is 32.2. The summed E-state index contributed by atoms with van der Waals surface area (Å²) in [5, 5.41) is 11.4. The molecule has 3 rings (SSSR count). The number of rotatable bonds is 4. The van der Waals surface area contributed by atoms with Gasteiger partial charge in [-0.05, 0) is 56.2 Å². The van der Waals surface area contributed by atoms with Gasteiger partial charge in [0.05, 0.1) is 11.4 Å². The predicted molar refractivity (Wildman–Crippen MR) is 113 cm³/mol. The Morgan fingerprint density at radius 2 is 1.67 bits per heavy atom. The van der Waals surface area contributed by atoms with Crippen molar-refractivity contribution in [2.75, 3.05) is 4.90 Å². The third-order valence-corrected chi connectivity index (χ3v) is 6.41. The van der Waals surface area contributed by atoms with Crippen LogP contribution in [-0.2, 0) is 27.8 Å². The second-order valence-corrected chi connectivity index (χ2v) is 9.93. The number of hydrogen-bond acceptors (Lipinski definition) is 4. The molecule has 2 aromatic rings. The molecule has 9 heteroatoms. The summed E-state index contributed by atoms with van der Waals surface area (Å²) >= 11 is 0. The summed E-state index contributed by atoms with van der Waals surface area (Å²) in [6.45, 7) is 5.52. The molecule has 1 heterocycles. The maximum atomic E-state index is 13.1. The van der Waals surface area contributed by atoms with Gasteiger partial charge in [-0.1, -0.05) is 24.3 Å². The Morgan fingerprint density at radius 1 is 1.07 bits per heavy atom. The second kappa shape index (κ2) is 8.08. The maximum Gasteiger partial charge on any atom is 0.405 e. The average Bonchev–Trinajstić information content (AvgIpc) is 2.77. The number of carboxylic acid groups (broad SMARTS) is 1. The standard InChI is InChI=1S/C21H25N3O5S/c1-21(2,3)23-30(28,29)17-10-8-16(9-11-17)24-13-15-7-5-4-6-14(15)12-18(19(24)25)22-20(26)27/h4-11,18,22-23H,12-13H2,1-3H3,(H,26,27). The monoisotopic (exact) mass is 431 g/mol. The normalized spacial score (nSPS) is 17.2. The minimum absolute atomic E-state index is 0.0871. The van der Waals surface area contributed by atoms with Crippen molar-refractivity contribution in [3.63, 3.8) is 0 Å². The van der Waals surface area contributed by atoms with Crippen molar-refractivity contribution in [2.24, 2.45) is 0 Å². The number of carbonyl (C=O) groups excluding carboxylic acids is 1. The van der Waals surface area contributed by atoms with Crippen LogP contribution < -0.4 is 14.9 Å². The summed E-state index contributed by atoms with van der Waals surface area (Å²) in [6, 6.07) is 12.5. The molecule has 1 aliphatic rings. The molecule has 0 aromatic heterocycles. The fourth-order valence-corrected chi connectivity index (χ4v) is 4.82. The van der Waals surface area contributed by atoms with Crippen molar-refractivity contribution in [1.29, 1.82) is 0 Å². The largest absolute Gasteiger partial charge is 0.465 e. The van der Waals surface area contributed by atoms with E-state index in [1.54, 1.807) is 32.9 Å². The van der Waals surface area contributed by atoms with Crippen LogP contribution in [0.5, 0.6) is 0 Å². The van der Waals surface area contributed by atoms with Gasteiger partial charge in [-0.15, -0.1) is 0 Å². The first kappa shape index (κ1) is 21.8. The summed E-state index contributed by atoms with van der Waals surface area (Å²) in [6.07, 6.45) is -1.03. The van der Waals surface area contributed by atoms with Crippen molar-refractivity contribution in [2.45, 2.75) is 50.2 Å².